The van der Waals surface area contributed by atoms with E-state index in [1.165, 1.54) is 6.20 Å². The lowest BCUT2D eigenvalue weighted by Crippen LogP contribution is -2.24. The second kappa shape index (κ2) is 8.18. The molecule has 0 radical (unpaired) electrons. The first-order valence-electron chi connectivity index (χ1n) is 6.60. The summed E-state index contributed by atoms with van der Waals surface area (Å²) in [5, 5.41) is 15.4. The molecule has 1 aromatic heterocycles. The van der Waals surface area contributed by atoms with E-state index in [0.717, 1.165) is 5.56 Å². The fourth-order valence-electron chi connectivity index (χ4n) is 1.67. The van der Waals surface area contributed by atoms with Crippen molar-refractivity contribution in [2.75, 3.05) is 5.32 Å². The Balaban J connectivity index is 1.98. The van der Waals surface area contributed by atoms with Crippen molar-refractivity contribution in [1.82, 2.24) is 10.3 Å². The molecule has 0 unspecified atom stereocenters. The van der Waals surface area contributed by atoms with E-state index >= 15 is 0 Å². The Kier molecular flexibility index (Phi) is 5.98. The summed E-state index contributed by atoms with van der Waals surface area (Å²) >= 11 is 11.7. The van der Waals surface area contributed by atoms with Crippen LogP contribution in [0.15, 0.2) is 54.4 Å². The van der Waals surface area contributed by atoms with Gasteiger partial charge < -0.3 is 10.6 Å². The SMILES string of the molecule is N#C/C(=C/Nc1cccnc1Cl)C(=O)NCc1ccc(Cl)cc1. The molecule has 116 valence electrons. The minimum Gasteiger partial charge on any atom is -0.358 e. The van der Waals surface area contributed by atoms with Crippen LogP contribution in [0.25, 0.3) is 0 Å². The van der Waals surface area contributed by atoms with Crippen LogP contribution in [-0.4, -0.2) is 10.9 Å². The van der Waals surface area contributed by atoms with E-state index in [1.807, 2.05) is 6.07 Å². The van der Waals surface area contributed by atoms with Gasteiger partial charge >= 0.3 is 0 Å². The fraction of sp³-hybridized carbons (Fsp3) is 0.0625. The Morgan fingerprint density at radius 1 is 1.26 bits per heavy atom. The molecule has 0 bridgehead atoms. The lowest BCUT2D eigenvalue weighted by atomic mass is 10.2. The van der Waals surface area contributed by atoms with Gasteiger partial charge in [-0.2, -0.15) is 5.26 Å². The zero-order valence-corrected chi connectivity index (χ0v) is 13.4. The molecule has 5 nitrogen and oxygen atoms in total. The van der Waals surface area contributed by atoms with Crippen LogP contribution in [0.1, 0.15) is 5.56 Å². The maximum absolute atomic E-state index is 12.0. The molecule has 1 aromatic carbocycles. The molecule has 1 amide bonds. The lowest BCUT2D eigenvalue weighted by Gasteiger charge is -2.06. The first-order valence-corrected chi connectivity index (χ1v) is 7.35. The molecule has 0 aliphatic heterocycles. The number of amides is 1. The molecule has 23 heavy (non-hydrogen) atoms. The molecule has 0 aliphatic carbocycles. The Bertz CT molecular complexity index is 766. The van der Waals surface area contributed by atoms with E-state index in [9.17, 15) is 4.79 Å². The van der Waals surface area contributed by atoms with Crippen LogP contribution in [0, 0.1) is 11.3 Å². The smallest absolute Gasteiger partial charge is 0.263 e. The van der Waals surface area contributed by atoms with Gasteiger partial charge in [0.05, 0.1) is 5.69 Å². The van der Waals surface area contributed by atoms with Crippen LogP contribution < -0.4 is 10.6 Å². The number of nitrogens with one attached hydrogen (secondary N) is 2. The average molecular weight is 347 g/mol. The first kappa shape index (κ1) is 16.8. The van der Waals surface area contributed by atoms with Crippen LogP contribution in [0.5, 0.6) is 0 Å². The third-order valence-electron chi connectivity index (χ3n) is 2.86. The summed E-state index contributed by atoms with van der Waals surface area (Å²) in [5.41, 5.74) is 1.31. The predicted molar refractivity (Wildman–Crippen MR) is 89.9 cm³/mol. The summed E-state index contributed by atoms with van der Waals surface area (Å²) in [6, 6.07) is 12.3. The number of nitrogens with zero attached hydrogens (tertiary/aromatic N) is 2. The van der Waals surface area contributed by atoms with Crippen molar-refractivity contribution in [1.29, 1.82) is 5.26 Å². The summed E-state index contributed by atoms with van der Waals surface area (Å²) in [6.07, 6.45) is 2.83. The standard InChI is InChI=1S/C16H12Cl2N4O/c17-13-5-3-11(4-6-13)9-22-16(23)12(8-19)10-21-14-2-1-7-20-15(14)18/h1-7,10,21H,9H2,(H,22,23)/b12-10-. The highest BCUT2D eigenvalue weighted by molar-refractivity contribution is 6.32. The molecule has 0 saturated carbocycles. The molecule has 0 saturated heterocycles. The van der Waals surface area contributed by atoms with Crippen molar-refractivity contribution in [3.8, 4) is 6.07 Å². The summed E-state index contributed by atoms with van der Waals surface area (Å²) in [7, 11) is 0. The van der Waals surface area contributed by atoms with Crippen molar-refractivity contribution in [2.24, 2.45) is 0 Å². The number of carbonyl (C=O) groups excluding carboxylic acids is 1. The Labute approximate surface area is 143 Å². The molecule has 2 rings (SSSR count). The Morgan fingerprint density at radius 3 is 2.65 bits per heavy atom. The van der Waals surface area contributed by atoms with Crippen molar-refractivity contribution < 1.29 is 4.79 Å². The van der Waals surface area contributed by atoms with Crippen molar-refractivity contribution in [2.45, 2.75) is 6.54 Å². The van der Waals surface area contributed by atoms with E-state index < -0.39 is 5.91 Å². The largest absolute Gasteiger partial charge is 0.358 e. The van der Waals surface area contributed by atoms with Gasteiger partial charge in [0.15, 0.2) is 5.15 Å². The number of hydrogen-bond acceptors (Lipinski definition) is 4. The van der Waals surface area contributed by atoms with Crippen LogP contribution in [0.3, 0.4) is 0 Å². The molecule has 2 aromatic rings. The number of halogens is 2. The average Bonchev–Trinajstić information content (AvgIpc) is 2.56. The summed E-state index contributed by atoms with van der Waals surface area (Å²) in [6.45, 7) is 0.294. The minimum atomic E-state index is -0.491. The highest BCUT2D eigenvalue weighted by Gasteiger charge is 2.09. The number of anilines is 1. The number of pyridine rings is 1. The van der Waals surface area contributed by atoms with E-state index in [0.29, 0.717) is 17.3 Å². The van der Waals surface area contributed by atoms with Crippen molar-refractivity contribution in [3.63, 3.8) is 0 Å². The summed E-state index contributed by atoms with van der Waals surface area (Å²) in [5.74, 6) is -0.491. The van der Waals surface area contributed by atoms with E-state index in [1.54, 1.807) is 42.6 Å². The van der Waals surface area contributed by atoms with E-state index in [-0.39, 0.29) is 10.7 Å². The monoisotopic (exact) mass is 346 g/mol. The number of aromatic nitrogens is 1. The fourth-order valence-corrected chi connectivity index (χ4v) is 1.97. The molecule has 0 spiro atoms. The second-order valence-electron chi connectivity index (χ2n) is 4.47. The van der Waals surface area contributed by atoms with Gasteiger partial charge in [0.25, 0.3) is 5.91 Å². The van der Waals surface area contributed by atoms with Gasteiger partial charge in [-0.15, -0.1) is 0 Å². The zero-order chi connectivity index (χ0) is 16.7. The number of rotatable bonds is 5. The highest BCUT2D eigenvalue weighted by Crippen LogP contribution is 2.17. The topological polar surface area (TPSA) is 77.8 Å². The molecule has 7 heteroatoms. The predicted octanol–water partition coefficient (Wildman–Crippen LogP) is 3.52. The zero-order valence-electron chi connectivity index (χ0n) is 11.9. The number of carbonyl (C=O) groups is 1. The molecule has 1 heterocycles. The van der Waals surface area contributed by atoms with Gasteiger partial charge in [-0.1, -0.05) is 35.3 Å². The quantitative estimate of drug-likeness (QED) is 0.493. The second-order valence-corrected chi connectivity index (χ2v) is 5.26. The van der Waals surface area contributed by atoms with Gasteiger partial charge in [0, 0.05) is 24.0 Å². The highest BCUT2D eigenvalue weighted by atomic mass is 35.5. The van der Waals surface area contributed by atoms with Crippen LogP contribution in [-0.2, 0) is 11.3 Å². The third kappa shape index (κ3) is 4.99. The summed E-state index contributed by atoms with van der Waals surface area (Å²) < 4.78 is 0. The molecule has 0 fully saturated rings. The van der Waals surface area contributed by atoms with Gasteiger partial charge in [0.2, 0.25) is 0 Å². The maximum atomic E-state index is 12.0. The van der Waals surface area contributed by atoms with Crippen molar-refractivity contribution >= 4 is 34.8 Å². The van der Waals surface area contributed by atoms with E-state index in [4.69, 9.17) is 28.5 Å². The Morgan fingerprint density at radius 2 is 2.00 bits per heavy atom. The van der Waals surface area contributed by atoms with Gasteiger partial charge in [-0.25, -0.2) is 4.98 Å². The van der Waals surface area contributed by atoms with Gasteiger partial charge in [-0.05, 0) is 29.8 Å². The van der Waals surface area contributed by atoms with Gasteiger partial charge in [0.1, 0.15) is 11.6 Å². The van der Waals surface area contributed by atoms with Crippen LogP contribution in [0.2, 0.25) is 10.2 Å². The Hall–Kier alpha value is -2.55. The van der Waals surface area contributed by atoms with E-state index in [2.05, 4.69) is 15.6 Å². The normalized spacial score (nSPS) is 10.7. The van der Waals surface area contributed by atoms with Crippen LogP contribution >= 0.6 is 23.2 Å². The molecular weight excluding hydrogens is 335 g/mol. The molecule has 2 N–H and O–H groups in total. The maximum Gasteiger partial charge on any atom is 0.263 e. The number of nitriles is 1. The van der Waals surface area contributed by atoms with Gasteiger partial charge in [-0.3, -0.25) is 4.79 Å². The minimum absolute atomic E-state index is 0.0705. The molecule has 0 aliphatic rings. The van der Waals surface area contributed by atoms with Crippen molar-refractivity contribution in [3.05, 3.63) is 70.1 Å². The summed E-state index contributed by atoms with van der Waals surface area (Å²) in [4.78, 5) is 15.9. The number of hydrogen-bond donors (Lipinski definition) is 2. The molecule has 0 atom stereocenters. The molecular formula is C16H12Cl2N4O. The number of benzene rings is 1. The lowest BCUT2D eigenvalue weighted by molar-refractivity contribution is -0.117. The third-order valence-corrected chi connectivity index (χ3v) is 3.42. The van der Waals surface area contributed by atoms with Crippen LogP contribution in [0.4, 0.5) is 5.69 Å². The first-order chi connectivity index (χ1) is 11.1.